The van der Waals surface area contributed by atoms with Crippen molar-refractivity contribution in [2.75, 3.05) is 25.1 Å². The largest absolute Gasteiger partial charge is 0.419 e. The van der Waals surface area contributed by atoms with E-state index < -0.39 is 23.5 Å². The molecule has 3 nitrogen and oxygen atoms in total. The van der Waals surface area contributed by atoms with Gasteiger partial charge in [-0.15, -0.1) is 0 Å². The van der Waals surface area contributed by atoms with Crippen molar-refractivity contribution < 1.29 is 27.1 Å². The molecule has 0 aliphatic heterocycles. The SMILES string of the molecule is O=C(NCCCOCCBr)c1ccc(F)c(C(F)(F)F)c1. The van der Waals surface area contributed by atoms with Crippen LogP contribution in [0.3, 0.4) is 0 Å². The topological polar surface area (TPSA) is 38.3 Å². The molecule has 1 amide bonds. The van der Waals surface area contributed by atoms with Crippen molar-refractivity contribution in [3.63, 3.8) is 0 Å². The Kier molecular flexibility index (Phi) is 7.10. The van der Waals surface area contributed by atoms with Crippen molar-refractivity contribution in [2.45, 2.75) is 12.6 Å². The zero-order valence-corrected chi connectivity index (χ0v) is 12.6. The van der Waals surface area contributed by atoms with E-state index in [4.69, 9.17) is 4.74 Å². The van der Waals surface area contributed by atoms with Crippen LogP contribution in [0, 0.1) is 5.82 Å². The smallest absolute Gasteiger partial charge is 0.381 e. The molecule has 0 atom stereocenters. The third-order valence-electron chi connectivity index (χ3n) is 2.51. The minimum Gasteiger partial charge on any atom is -0.381 e. The Balaban J connectivity index is 2.55. The molecule has 0 aliphatic rings. The molecular formula is C13H14BrF4NO2. The predicted octanol–water partition coefficient (Wildman–Crippen LogP) is 3.38. The second kappa shape index (κ2) is 8.33. The van der Waals surface area contributed by atoms with Gasteiger partial charge < -0.3 is 10.1 Å². The first-order chi connectivity index (χ1) is 9.86. The summed E-state index contributed by atoms with van der Waals surface area (Å²) in [7, 11) is 0. The first-order valence-corrected chi connectivity index (χ1v) is 7.27. The molecule has 1 rings (SSSR count). The molecule has 0 spiro atoms. The summed E-state index contributed by atoms with van der Waals surface area (Å²) in [5.74, 6) is -2.08. The van der Waals surface area contributed by atoms with Crippen molar-refractivity contribution in [3.8, 4) is 0 Å². The molecule has 0 aliphatic carbocycles. The van der Waals surface area contributed by atoms with Crippen LogP contribution in [0.5, 0.6) is 0 Å². The number of ether oxygens (including phenoxy) is 1. The summed E-state index contributed by atoms with van der Waals surface area (Å²) >= 11 is 3.18. The lowest BCUT2D eigenvalue weighted by molar-refractivity contribution is -0.140. The number of alkyl halides is 4. The highest BCUT2D eigenvalue weighted by atomic mass is 79.9. The summed E-state index contributed by atoms with van der Waals surface area (Å²) in [6.45, 7) is 1.24. The normalized spacial score (nSPS) is 11.5. The maximum absolute atomic E-state index is 13.1. The average molecular weight is 372 g/mol. The zero-order valence-electron chi connectivity index (χ0n) is 11.0. The molecule has 0 saturated heterocycles. The first-order valence-electron chi connectivity index (χ1n) is 6.15. The molecule has 21 heavy (non-hydrogen) atoms. The molecule has 1 N–H and O–H groups in total. The lowest BCUT2D eigenvalue weighted by Gasteiger charge is -2.10. The number of carbonyl (C=O) groups is 1. The van der Waals surface area contributed by atoms with Crippen LogP contribution >= 0.6 is 15.9 Å². The predicted molar refractivity (Wildman–Crippen MR) is 73.0 cm³/mol. The van der Waals surface area contributed by atoms with Gasteiger partial charge in [-0.3, -0.25) is 4.79 Å². The van der Waals surface area contributed by atoms with Gasteiger partial charge in [0.2, 0.25) is 0 Å². The fourth-order valence-electron chi connectivity index (χ4n) is 1.52. The number of hydrogen-bond acceptors (Lipinski definition) is 2. The molecular weight excluding hydrogens is 358 g/mol. The molecule has 0 heterocycles. The van der Waals surface area contributed by atoms with Gasteiger partial charge in [-0.05, 0) is 24.6 Å². The Bertz CT molecular complexity index is 480. The van der Waals surface area contributed by atoms with E-state index in [0.717, 1.165) is 6.07 Å². The molecule has 118 valence electrons. The van der Waals surface area contributed by atoms with Crippen molar-refractivity contribution >= 4 is 21.8 Å². The molecule has 1 aromatic carbocycles. The van der Waals surface area contributed by atoms with E-state index in [0.29, 0.717) is 37.1 Å². The second-order valence-electron chi connectivity index (χ2n) is 4.10. The van der Waals surface area contributed by atoms with Crippen molar-refractivity contribution in [1.82, 2.24) is 5.32 Å². The third-order valence-corrected chi connectivity index (χ3v) is 2.83. The monoisotopic (exact) mass is 371 g/mol. The molecule has 0 bridgehead atoms. The van der Waals surface area contributed by atoms with Gasteiger partial charge in [-0.25, -0.2) is 4.39 Å². The van der Waals surface area contributed by atoms with Gasteiger partial charge in [-0.1, -0.05) is 15.9 Å². The van der Waals surface area contributed by atoms with Crippen LogP contribution in [-0.4, -0.2) is 31.0 Å². The summed E-state index contributed by atoms with van der Waals surface area (Å²) in [6.07, 6.45) is -4.30. The molecule has 0 saturated carbocycles. The van der Waals surface area contributed by atoms with Gasteiger partial charge in [0.15, 0.2) is 0 Å². The molecule has 1 aromatic rings. The van der Waals surface area contributed by atoms with E-state index in [-0.39, 0.29) is 12.1 Å². The highest BCUT2D eigenvalue weighted by Gasteiger charge is 2.34. The van der Waals surface area contributed by atoms with E-state index in [1.54, 1.807) is 0 Å². The molecule has 0 aromatic heterocycles. The lowest BCUT2D eigenvalue weighted by Crippen LogP contribution is -2.26. The van der Waals surface area contributed by atoms with Crippen LogP contribution in [0.4, 0.5) is 17.6 Å². The quantitative estimate of drug-likeness (QED) is 0.453. The summed E-state index contributed by atoms with van der Waals surface area (Å²) < 4.78 is 55.8. The van der Waals surface area contributed by atoms with Gasteiger partial charge in [0.1, 0.15) is 5.82 Å². The number of rotatable bonds is 7. The van der Waals surface area contributed by atoms with E-state index in [1.165, 1.54) is 0 Å². The fraction of sp³-hybridized carbons (Fsp3) is 0.462. The van der Waals surface area contributed by atoms with Gasteiger partial charge in [-0.2, -0.15) is 13.2 Å². The third kappa shape index (κ3) is 6.01. The first kappa shape index (κ1) is 17.9. The van der Waals surface area contributed by atoms with Crippen molar-refractivity contribution in [2.24, 2.45) is 0 Å². The number of benzene rings is 1. The molecule has 0 fully saturated rings. The number of hydrogen-bond donors (Lipinski definition) is 1. The maximum atomic E-state index is 13.1. The highest BCUT2D eigenvalue weighted by molar-refractivity contribution is 9.09. The van der Waals surface area contributed by atoms with Crippen LogP contribution < -0.4 is 5.32 Å². The molecule has 8 heteroatoms. The van der Waals surface area contributed by atoms with Gasteiger partial charge >= 0.3 is 6.18 Å². The van der Waals surface area contributed by atoms with Gasteiger partial charge in [0.05, 0.1) is 12.2 Å². The fourth-order valence-corrected chi connectivity index (χ4v) is 1.75. The Morgan fingerprint density at radius 3 is 2.62 bits per heavy atom. The van der Waals surface area contributed by atoms with Crippen LogP contribution in [-0.2, 0) is 10.9 Å². The second-order valence-corrected chi connectivity index (χ2v) is 4.90. The zero-order chi connectivity index (χ0) is 15.9. The van der Waals surface area contributed by atoms with Crippen LogP contribution in [0.1, 0.15) is 22.3 Å². The van der Waals surface area contributed by atoms with Crippen LogP contribution in [0.15, 0.2) is 18.2 Å². The average Bonchev–Trinajstić information content (AvgIpc) is 2.41. The van der Waals surface area contributed by atoms with E-state index >= 15 is 0 Å². The lowest BCUT2D eigenvalue weighted by atomic mass is 10.1. The van der Waals surface area contributed by atoms with Crippen molar-refractivity contribution in [1.29, 1.82) is 0 Å². The minimum atomic E-state index is -4.83. The van der Waals surface area contributed by atoms with Gasteiger partial charge in [0, 0.05) is 24.0 Å². The molecule has 0 unspecified atom stereocenters. The highest BCUT2D eigenvalue weighted by Crippen LogP contribution is 2.31. The summed E-state index contributed by atoms with van der Waals surface area (Å²) in [4.78, 5) is 11.7. The Hall–Kier alpha value is -1.15. The summed E-state index contributed by atoms with van der Waals surface area (Å²) in [5.41, 5.74) is -1.68. The number of nitrogens with one attached hydrogen (secondary N) is 1. The number of carbonyl (C=O) groups excluding carboxylic acids is 1. The van der Waals surface area contributed by atoms with Crippen molar-refractivity contribution in [3.05, 3.63) is 35.1 Å². The maximum Gasteiger partial charge on any atom is 0.419 e. The van der Waals surface area contributed by atoms with E-state index in [2.05, 4.69) is 21.2 Å². The Morgan fingerprint density at radius 1 is 1.29 bits per heavy atom. The number of amides is 1. The van der Waals surface area contributed by atoms with E-state index in [9.17, 15) is 22.4 Å². The van der Waals surface area contributed by atoms with Crippen LogP contribution in [0.2, 0.25) is 0 Å². The number of halogens is 5. The Morgan fingerprint density at radius 2 is 2.00 bits per heavy atom. The van der Waals surface area contributed by atoms with Crippen LogP contribution in [0.25, 0.3) is 0 Å². The van der Waals surface area contributed by atoms with E-state index in [1.807, 2.05) is 0 Å². The summed E-state index contributed by atoms with van der Waals surface area (Å²) in [6, 6.07) is 2.16. The Labute approximate surface area is 127 Å². The summed E-state index contributed by atoms with van der Waals surface area (Å²) in [5, 5.41) is 3.16. The standard InChI is InChI=1S/C13H14BrF4NO2/c14-4-7-21-6-1-5-19-12(20)9-2-3-11(15)10(8-9)13(16,17)18/h2-3,8H,1,4-7H2,(H,19,20). The molecule has 0 radical (unpaired) electrons. The van der Waals surface area contributed by atoms with Gasteiger partial charge in [0.25, 0.3) is 5.91 Å². The minimum absolute atomic E-state index is 0.231.